The Balaban J connectivity index is 1.65. The largest absolute Gasteiger partial charge is 0.494 e. The molecule has 3 aromatic carbocycles. The van der Waals surface area contributed by atoms with Crippen LogP contribution in [0.3, 0.4) is 0 Å². The molecule has 1 unspecified atom stereocenters. The van der Waals surface area contributed by atoms with Gasteiger partial charge in [0.2, 0.25) is 0 Å². The average Bonchev–Trinajstić information content (AvgIpc) is 3.15. The molecular weight excluding hydrogens is 410 g/mol. The van der Waals surface area contributed by atoms with E-state index in [-0.39, 0.29) is 23.5 Å². The van der Waals surface area contributed by atoms with E-state index in [1.54, 1.807) is 29.2 Å². The van der Waals surface area contributed by atoms with Crippen LogP contribution in [0.5, 0.6) is 5.75 Å². The fourth-order valence-electron chi connectivity index (χ4n) is 4.08. The summed E-state index contributed by atoms with van der Waals surface area (Å²) >= 11 is 0. The molecule has 1 aliphatic heterocycles. The summed E-state index contributed by atoms with van der Waals surface area (Å²) in [4.78, 5) is 15.2. The molecular formula is C25H27NO4S. The highest BCUT2D eigenvalue weighted by Gasteiger charge is 2.35. The third kappa shape index (κ3) is 4.90. The second kappa shape index (κ2) is 9.10. The Morgan fingerprint density at radius 3 is 2.48 bits per heavy atom. The van der Waals surface area contributed by atoms with E-state index in [2.05, 4.69) is 0 Å². The van der Waals surface area contributed by atoms with Gasteiger partial charge in [-0.15, -0.1) is 0 Å². The van der Waals surface area contributed by atoms with Crippen LogP contribution in [0.2, 0.25) is 0 Å². The Labute approximate surface area is 183 Å². The molecule has 1 heterocycles. The van der Waals surface area contributed by atoms with Crippen LogP contribution in [0.1, 0.15) is 35.7 Å². The van der Waals surface area contributed by atoms with Crippen LogP contribution in [0, 0.1) is 0 Å². The lowest BCUT2D eigenvalue weighted by Crippen LogP contribution is -2.40. The fraction of sp³-hybridized carbons (Fsp3) is 0.320. The first kappa shape index (κ1) is 21.4. The van der Waals surface area contributed by atoms with Crippen LogP contribution in [-0.4, -0.2) is 43.4 Å². The van der Waals surface area contributed by atoms with Crippen LogP contribution >= 0.6 is 0 Å². The number of nitrogens with zero attached hydrogens (tertiary/aromatic N) is 1. The third-order valence-corrected chi connectivity index (χ3v) is 7.46. The smallest absolute Gasteiger partial charge is 0.254 e. The number of ether oxygens (including phenoxy) is 1. The maximum absolute atomic E-state index is 13.5. The van der Waals surface area contributed by atoms with E-state index >= 15 is 0 Å². The molecule has 0 aromatic heterocycles. The molecule has 0 saturated carbocycles. The van der Waals surface area contributed by atoms with E-state index in [0.717, 1.165) is 28.5 Å². The predicted octanol–water partition coefficient (Wildman–Crippen LogP) is 4.46. The molecule has 0 spiro atoms. The predicted molar refractivity (Wildman–Crippen MR) is 123 cm³/mol. The number of fused-ring (bicyclic) bond motifs is 1. The van der Waals surface area contributed by atoms with Gasteiger partial charge in [-0.3, -0.25) is 4.79 Å². The minimum Gasteiger partial charge on any atom is -0.494 e. The first-order valence-electron chi connectivity index (χ1n) is 10.7. The van der Waals surface area contributed by atoms with Gasteiger partial charge in [0, 0.05) is 18.2 Å². The summed E-state index contributed by atoms with van der Waals surface area (Å²) in [7, 11) is -3.12. The summed E-state index contributed by atoms with van der Waals surface area (Å²) in [6.45, 7) is 3.04. The SMILES string of the molecule is CCCOc1ccc(C(=O)N(Cc2cccc3ccccc23)C2CCS(=O)(=O)C2)cc1. The number of sulfone groups is 1. The minimum atomic E-state index is -3.12. The summed E-state index contributed by atoms with van der Waals surface area (Å²) in [6, 6.07) is 20.9. The van der Waals surface area contributed by atoms with Crippen LogP contribution in [0.4, 0.5) is 0 Å². The Morgan fingerprint density at radius 2 is 1.77 bits per heavy atom. The minimum absolute atomic E-state index is 0.0151. The lowest BCUT2D eigenvalue weighted by atomic mass is 10.0. The highest BCUT2D eigenvalue weighted by molar-refractivity contribution is 7.91. The molecule has 1 fully saturated rings. The third-order valence-electron chi connectivity index (χ3n) is 5.70. The Morgan fingerprint density at radius 1 is 1.03 bits per heavy atom. The zero-order valence-electron chi connectivity index (χ0n) is 17.7. The second-order valence-corrected chi connectivity index (χ2v) is 10.2. The number of hydrogen-bond donors (Lipinski definition) is 0. The van der Waals surface area contributed by atoms with Gasteiger partial charge in [0.1, 0.15) is 5.75 Å². The molecule has 0 bridgehead atoms. The monoisotopic (exact) mass is 437 g/mol. The highest BCUT2D eigenvalue weighted by Crippen LogP contribution is 2.26. The van der Waals surface area contributed by atoms with Crippen molar-refractivity contribution in [1.82, 2.24) is 4.90 Å². The normalized spacial score (nSPS) is 17.5. The molecule has 162 valence electrons. The maximum Gasteiger partial charge on any atom is 0.254 e. The second-order valence-electron chi connectivity index (χ2n) is 8.00. The molecule has 5 nitrogen and oxygen atoms in total. The zero-order valence-corrected chi connectivity index (χ0v) is 18.5. The van der Waals surface area contributed by atoms with Gasteiger partial charge in [0.25, 0.3) is 5.91 Å². The van der Waals surface area contributed by atoms with Gasteiger partial charge in [-0.05, 0) is 53.4 Å². The fourth-order valence-corrected chi connectivity index (χ4v) is 5.81. The average molecular weight is 438 g/mol. The molecule has 1 amide bonds. The molecule has 0 radical (unpaired) electrons. The van der Waals surface area contributed by atoms with Crippen molar-refractivity contribution in [3.63, 3.8) is 0 Å². The number of carbonyl (C=O) groups excluding carboxylic acids is 1. The van der Waals surface area contributed by atoms with Crippen LogP contribution in [0.15, 0.2) is 66.7 Å². The van der Waals surface area contributed by atoms with Crippen molar-refractivity contribution < 1.29 is 17.9 Å². The van der Waals surface area contributed by atoms with Crippen molar-refractivity contribution in [2.75, 3.05) is 18.1 Å². The van der Waals surface area contributed by atoms with Crippen LogP contribution in [0.25, 0.3) is 10.8 Å². The number of amides is 1. The number of rotatable bonds is 7. The summed E-state index contributed by atoms with van der Waals surface area (Å²) < 4.78 is 29.9. The van der Waals surface area contributed by atoms with E-state index < -0.39 is 9.84 Å². The molecule has 31 heavy (non-hydrogen) atoms. The van der Waals surface area contributed by atoms with Gasteiger partial charge in [-0.2, -0.15) is 0 Å². The lowest BCUT2D eigenvalue weighted by Gasteiger charge is -2.29. The topological polar surface area (TPSA) is 63.7 Å². The molecule has 3 aromatic rings. The Bertz CT molecular complexity index is 1170. The molecule has 1 saturated heterocycles. The zero-order chi connectivity index (χ0) is 21.8. The van der Waals surface area contributed by atoms with Gasteiger partial charge in [0.15, 0.2) is 9.84 Å². The van der Waals surface area contributed by atoms with Crippen molar-refractivity contribution in [3.8, 4) is 5.75 Å². The highest BCUT2D eigenvalue weighted by atomic mass is 32.2. The van der Waals surface area contributed by atoms with E-state index in [0.29, 0.717) is 25.1 Å². The Hall–Kier alpha value is -2.86. The Kier molecular flexibility index (Phi) is 6.28. The van der Waals surface area contributed by atoms with E-state index in [9.17, 15) is 13.2 Å². The number of hydrogen-bond acceptors (Lipinski definition) is 4. The molecule has 1 atom stereocenters. The van der Waals surface area contributed by atoms with Crippen molar-refractivity contribution in [1.29, 1.82) is 0 Å². The summed E-state index contributed by atoms with van der Waals surface area (Å²) in [5.74, 6) is 0.710. The van der Waals surface area contributed by atoms with Gasteiger partial charge in [0.05, 0.1) is 18.1 Å². The lowest BCUT2D eigenvalue weighted by molar-refractivity contribution is 0.0682. The van der Waals surface area contributed by atoms with E-state index in [4.69, 9.17) is 4.74 Å². The van der Waals surface area contributed by atoms with Crippen LogP contribution < -0.4 is 4.74 Å². The molecule has 0 N–H and O–H groups in total. The first-order valence-corrected chi connectivity index (χ1v) is 12.5. The summed E-state index contributed by atoms with van der Waals surface area (Å²) in [5.41, 5.74) is 1.55. The van der Waals surface area contributed by atoms with Crippen molar-refractivity contribution >= 4 is 26.5 Å². The van der Waals surface area contributed by atoms with E-state index in [1.807, 2.05) is 49.4 Å². The van der Waals surface area contributed by atoms with Crippen LogP contribution in [-0.2, 0) is 16.4 Å². The van der Waals surface area contributed by atoms with Gasteiger partial charge >= 0.3 is 0 Å². The molecule has 1 aliphatic rings. The summed E-state index contributed by atoms with van der Waals surface area (Å²) in [6.07, 6.45) is 1.38. The van der Waals surface area contributed by atoms with Gasteiger partial charge in [-0.25, -0.2) is 8.42 Å². The van der Waals surface area contributed by atoms with Crippen molar-refractivity contribution in [2.45, 2.75) is 32.4 Å². The standard InChI is InChI=1S/C25H27NO4S/c1-2-15-30-23-12-10-20(11-13-23)25(27)26(22-14-16-31(28,29)18-22)17-21-8-5-7-19-6-3-4-9-24(19)21/h3-13,22H,2,14-18H2,1H3. The maximum atomic E-state index is 13.5. The van der Waals surface area contributed by atoms with Gasteiger partial charge in [-0.1, -0.05) is 49.4 Å². The molecule has 6 heteroatoms. The van der Waals surface area contributed by atoms with Crippen molar-refractivity contribution in [3.05, 3.63) is 77.9 Å². The van der Waals surface area contributed by atoms with Gasteiger partial charge < -0.3 is 9.64 Å². The van der Waals surface area contributed by atoms with E-state index in [1.165, 1.54) is 0 Å². The number of carbonyl (C=O) groups is 1. The quantitative estimate of drug-likeness (QED) is 0.548. The summed E-state index contributed by atoms with van der Waals surface area (Å²) in [5, 5.41) is 2.18. The van der Waals surface area contributed by atoms with Crippen molar-refractivity contribution in [2.24, 2.45) is 0 Å². The molecule has 4 rings (SSSR count). The first-order chi connectivity index (χ1) is 15.0. The number of benzene rings is 3. The molecule has 0 aliphatic carbocycles.